The molecule has 0 spiro atoms. The number of esters is 1. The molecular formula is C16H27N3O4S. The van der Waals surface area contributed by atoms with Gasteiger partial charge in [-0.15, -0.1) is 0 Å². The first-order chi connectivity index (χ1) is 11.4. The van der Waals surface area contributed by atoms with Gasteiger partial charge >= 0.3 is 12.1 Å². The highest BCUT2D eigenvalue weighted by molar-refractivity contribution is 7.80. The zero-order valence-electron chi connectivity index (χ0n) is 14.6. The van der Waals surface area contributed by atoms with Crippen molar-refractivity contribution in [3.05, 3.63) is 0 Å². The summed E-state index contributed by atoms with van der Waals surface area (Å²) in [6, 6.07) is 0.377. The highest BCUT2D eigenvalue weighted by Crippen LogP contribution is 2.27. The quantitative estimate of drug-likeness (QED) is 0.588. The van der Waals surface area contributed by atoms with Crippen LogP contribution < -0.4 is 5.32 Å². The molecule has 2 fully saturated rings. The van der Waals surface area contributed by atoms with E-state index >= 15 is 0 Å². The van der Waals surface area contributed by atoms with Crippen LogP contribution in [0.4, 0.5) is 4.79 Å². The number of thiocarbonyl (C=S) groups is 1. The lowest BCUT2D eigenvalue weighted by Gasteiger charge is -2.39. The molecule has 1 atom stereocenters. The number of amides is 1. The van der Waals surface area contributed by atoms with E-state index in [0.29, 0.717) is 17.6 Å². The van der Waals surface area contributed by atoms with E-state index < -0.39 is 0 Å². The van der Waals surface area contributed by atoms with E-state index in [4.69, 9.17) is 17.0 Å². The van der Waals surface area contributed by atoms with Gasteiger partial charge in [0, 0.05) is 19.1 Å². The molecule has 8 heteroatoms. The van der Waals surface area contributed by atoms with E-state index in [1.54, 1.807) is 0 Å². The molecule has 24 heavy (non-hydrogen) atoms. The molecule has 2 rings (SSSR count). The number of ether oxygens (including phenoxy) is 2. The normalized spacial score (nSPS) is 21.8. The molecule has 136 valence electrons. The number of carbonyl (C=O) groups is 2. The van der Waals surface area contributed by atoms with Crippen molar-refractivity contribution in [2.75, 3.05) is 33.4 Å². The maximum Gasteiger partial charge on any atom is 0.410 e. The molecule has 1 N–H and O–H groups in total. The van der Waals surface area contributed by atoms with Gasteiger partial charge in [-0.05, 0) is 37.4 Å². The molecule has 0 aromatic carbocycles. The fourth-order valence-corrected chi connectivity index (χ4v) is 3.58. The van der Waals surface area contributed by atoms with Gasteiger partial charge in [-0.3, -0.25) is 9.69 Å². The van der Waals surface area contributed by atoms with E-state index in [2.05, 4.69) is 23.9 Å². The number of hydrogen-bond acceptors (Lipinski definition) is 5. The van der Waals surface area contributed by atoms with Gasteiger partial charge in [0.25, 0.3) is 0 Å². The van der Waals surface area contributed by atoms with Crippen LogP contribution >= 0.6 is 12.2 Å². The Morgan fingerprint density at radius 3 is 2.67 bits per heavy atom. The molecule has 1 unspecified atom stereocenters. The SMILES string of the molecule is COC(=O)CNC(=S)N1CCC(N2C(=O)OCC2CC(C)C)CC1. The first-order valence-electron chi connectivity index (χ1n) is 8.47. The van der Waals surface area contributed by atoms with Gasteiger partial charge in [0.2, 0.25) is 0 Å². The molecule has 1 amide bonds. The minimum atomic E-state index is -0.344. The summed E-state index contributed by atoms with van der Waals surface area (Å²) in [5, 5.41) is 3.47. The van der Waals surface area contributed by atoms with Crippen LogP contribution in [0.3, 0.4) is 0 Å². The van der Waals surface area contributed by atoms with Gasteiger partial charge in [0.15, 0.2) is 5.11 Å². The standard InChI is InChI=1S/C16H27N3O4S/c1-11(2)8-13-10-23-16(21)19(13)12-4-6-18(7-5-12)15(24)17-9-14(20)22-3/h11-13H,4-10H2,1-3H3,(H,17,24). The smallest absolute Gasteiger partial charge is 0.410 e. The molecule has 0 aliphatic carbocycles. The van der Waals surface area contributed by atoms with Crippen molar-refractivity contribution >= 4 is 29.4 Å². The molecule has 0 radical (unpaired) electrons. The van der Waals surface area contributed by atoms with Crippen LogP contribution in [0.5, 0.6) is 0 Å². The van der Waals surface area contributed by atoms with E-state index in [-0.39, 0.29) is 30.7 Å². The average Bonchev–Trinajstić information content (AvgIpc) is 2.92. The van der Waals surface area contributed by atoms with Gasteiger partial charge in [-0.1, -0.05) is 13.8 Å². The van der Waals surface area contributed by atoms with Crippen LogP contribution in [0.1, 0.15) is 33.1 Å². The molecule has 2 saturated heterocycles. The Morgan fingerprint density at radius 1 is 1.42 bits per heavy atom. The van der Waals surface area contributed by atoms with Crippen molar-refractivity contribution < 1.29 is 19.1 Å². The predicted molar refractivity (Wildman–Crippen MR) is 93.6 cm³/mol. The van der Waals surface area contributed by atoms with Crippen LogP contribution in [-0.2, 0) is 14.3 Å². The van der Waals surface area contributed by atoms with Crippen LogP contribution in [0.15, 0.2) is 0 Å². The number of nitrogens with one attached hydrogen (secondary N) is 1. The van der Waals surface area contributed by atoms with Gasteiger partial charge in [0.05, 0.1) is 13.2 Å². The third-order valence-corrected chi connectivity index (χ3v) is 4.91. The molecule has 0 aromatic heterocycles. The van der Waals surface area contributed by atoms with E-state index in [1.165, 1.54) is 7.11 Å². The first-order valence-corrected chi connectivity index (χ1v) is 8.87. The zero-order valence-corrected chi connectivity index (χ0v) is 15.4. The number of nitrogens with zero attached hydrogens (tertiary/aromatic N) is 2. The van der Waals surface area contributed by atoms with Crippen molar-refractivity contribution in [2.45, 2.75) is 45.2 Å². The van der Waals surface area contributed by atoms with Gasteiger partial charge in [-0.25, -0.2) is 4.79 Å². The Morgan fingerprint density at radius 2 is 2.08 bits per heavy atom. The zero-order chi connectivity index (χ0) is 17.7. The number of rotatable bonds is 5. The number of likely N-dealkylation sites (tertiary alicyclic amines) is 1. The molecule has 7 nitrogen and oxygen atoms in total. The summed E-state index contributed by atoms with van der Waals surface area (Å²) in [6.07, 6.45) is 2.48. The fraction of sp³-hybridized carbons (Fsp3) is 0.812. The first kappa shape index (κ1) is 18.8. The van der Waals surface area contributed by atoms with Crippen LogP contribution in [0.25, 0.3) is 0 Å². The topological polar surface area (TPSA) is 71.1 Å². The highest BCUT2D eigenvalue weighted by atomic mass is 32.1. The Labute approximate surface area is 148 Å². The Kier molecular flexibility index (Phi) is 6.65. The summed E-state index contributed by atoms with van der Waals surface area (Å²) in [7, 11) is 1.35. The molecule has 2 heterocycles. The minimum Gasteiger partial charge on any atom is -0.468 e. The third kappa shape index (κ3) is 4.72. The van der Waals surface area contributed by atoms with Crippen molar-refractivity contribution in [1.82, 2.24) is 15.1 Å². The van der Waals surface area contributed by atoms with E-state index in [9.17, 15) is 9.59 Å². The molecule has 2 aliphatic heterocycles. The van der Waals surface area contributed by atoms with Crippen molar-refractivity contribution in [3.8, 4) is 0 Å². The molecular weight excluding hydrogens is 330 g/mol. The molecule has 0 aromatic rings. The second-order valence-corrected chi connectivity index (χ2v) is 7.11. The Balaban J connectivity index is 1.84. The summed E-state index contributed by atoms with van der Waals surface area (Å²) in [4.78, 5) is 27.2. The molecule has 0 bridgehead atoms. The highest BCUT2D eigenvalue weighted by Gasteiger charge is 2.39. The summed E-state index contributed by atoms with van der Waals surface area (Å²) in [6.45, 7) is 6.41. The largest absolute Gasteiger partial charge is 0.468 e. The van der Waals surface area contributed by atoms with Gasteiger partial charge in [-0.2, -0.15) is 0 Å². The Hall–Kier alpha value is -1.57. The van der Waals surface area contributed by atoms with Gasteiger partial charge in [0.1, 0.15) is 13.2 Å². The lowest BCUT2D eigenvalue weighted by atomic mass is 9.98. The second kappa shape index (κ2) is 8.50. The number of methoxy groups -OCH3 is 1. The second-order valence-electron chi connectivity index (χ2n) is 6.72. The van der Waals surface area contributed by atoms with Crippen molar-refractivity contribution in [1.29, 1.82) is 0 Å². The lowest BCUT2D eigenvalue weighted by Crippen LogP contribution is -2.52. The summed E-state index contributed by atoms with van der Waals surface area (Å²) < 4.78 is 9.86. The lowest BCUT2D eigenvalue weighted by molar-refractivity contribution is -0.139. The third-order valence-electron chi connectivity index (χ3n) is 4.50. The Bertz CT molecular complexity index is 478. The molecule has 2 aliphatic rings. The fourth-order valence-electron chi connectivity index (χ4n) is 3.32. The summed E-state index contributed by atoms with van der Waals surface area (Å²) in [5.41, 5.74) is 0. The van der Waals surface area contributed by atoms with E-state index in [1.807, 2.05) is 9.80 Å². The van der Waals surface area contributed by atoms with Crippen LogP contribution in [0, 0.1) is 5.92 Å². The van der Waals surface area contributed by atoms with E-state index in [0.717, 1.165) is 32.4 Å². The number of cyclic esters (lactones) is 1. The van der Waals surface area contributed by atoms with Crippen molar-refractivity contribution in [2.24, 2.45) is 5.92 Å². The number of carbonyl (C=O) groups excluding carboxylic acids is 2. The maximum atomic E-state index is 12.1. The predicted octanol–water partition coefficient (Wildman–Crippen LogP) is 1.37. The number of piperidine rings is 1. The summed E-state index contributed by atoms with van der Waals surface area (Å²) >= 11 is 5.32. The summed E-state index contributed by atoms with van der Waals surface area (Å²) in [5.74, 6) is 0.186. The average molecular weight is 357 g/mol. The number of hydrogen-bond donors (Lipinski definition) is 1. The van der Waals surface area contributed by atoms with Crippen LogP contribution in [-0.4, -0.2) is 72.4 Å². The van der Waals surface area contributed by atoms with Gasteiger partial charge < -0.3 is 19.7 Å². The maximum absolute atomic E-state index is 12.1. The van der Waals surface area contributed by atoms with Crippen LogP contribution in [0.2, 0.25) is 0 Å². The monoisotopic (exact) mass is 357 g/mol. The minimum absolute atomic E-state index is 0.0736. The van der Waals surface area contributed by atoms with Crippen molar-refractivity contribution in [3.63, 3.8) is 0 Å². The molecule has 0 saturated carbocycles.